The highest BCUT2D eigenvalue weighted by Crippen LogP contribution is 2.22. The summed E-state index contributed by atoms with van der Waals surface area (Å²) >= 11 is 0. The summed E-state index contributed by atoms with van der Waals surface area (Å²) in [4.78, 5) is 70.1. The first-order valence-corrected chi connectivity index (χ1v) is 9.50. The second kappa shape index (κ2) is 8.42. The third kappa shape index (κ3) is 3.97. The molecule has 0 spiro atoms. The van der Waals surface area contributed by atoms with Gasteiger partial charge in [0.05, 0.1) is 46.6 Å². The molecule has 162 valence electrons. The molecule has 0 saturated carbocycles. The molecule has 0 unspecified atom stereocenters. The SMILES string of the molecule is O=C(OCCCCOC(=O)c1ccc2c(c1)C(=O)OC2=O)c1ccc2c(c1)C(=O)OC2=O. The highest BCUT2D eigenvalue weighted by molar-refractivity contribution is 6.16. The summed E-state index contributed by atoms with van der Waals surface area (Å²) in [5, 5.41) is 0. The smallest absolute Gasteiger partial charge is 0.346 e. The van der Waals surface area contributed by atoms with E-state index in [0.717, 1.165) is 0 Å². The molecular formula is C22H14O10. The average molecular weight is 438 g/mol. The van der Waals surface area contributed by atoms with E-state index in [1.165, 1.54) is 36.4 Å². The molecule has 0 aliphatic carbocycles. The fraction of sp³-hybridized carbons (Fsp3) is 0.182. The van der Waals surface area contributed by atoms with Crippen LogP contribution in [0.3, 0.4) is 0 Å². The number of unbranched alkanes of at least 4 members (excludes halogenated alkanes) is 1. The Morgan fingerprint density at radius 1 is 0.594 bits per heavy atom. The minimum absolute atomic E-state index is 0.0144. The van der Waals surface area contributed by atoms with E-state index >= 15 is 0 Å². The van der Waals surface area contributed by atoms with E-state index in [1.54, 1.807) is 0 Å². The normalized spacial score (nSPS) is 13.9. The topological polar surface area (TPSA) is 139 Å². The van der Waals surface area contributed by atoms with Gasteiger partial charge in [0.1, 0.15) is 0 Å². The molecule has 0 fully saturated rings. The van der Waals surface area contributed by atoms with E-state index in [4.69, 9.17) is 9.47 Å². The molecule has 0 radical (unpaired) electrons. The van der Waals surface area contributed by atoms with E-state index in [9.17, 15) is 28.8 Å². The van der Waals surface area contributed by atoms with Crippen molar-refractivity contribution in [3.8, 4) is 0 Å². The Morgan fingerprint density at radius 3 is 1.38 bits per heavy atom. The van der Waals surface area contributed by atoms with Crippen LogP contribution in [-0.2, 0) is 18.9 Å². The number of rotatable bonds is 7. The molecule has 2 aromatic rings. The van der Waals surface area contributed by atoms with E-state index in [-0.39, 0.29) is 46.6 Å². The van der Waals surface area contributed by atoms with Gasteiger partial charge in [0.15, 0.2) is 0 Å². The van der Waals surface area contributed by atoms with E-state index in [0.29, 0.717) is 12.8 Å². The van der Waals surface area contributed by atoms with Crippen molar-refractivity contribution in [1.82, 2.24) is 0 Å². The van der Waals surface area contributed by atoms with Crippen molar-refractivity contribution in [2.75, 3.05) is 13.2 Å². The van der Waals surface area contributed by atoms with Crippen molar-refractivity contribution in [1.29, 1.82) is 0 Å². The fourth-order valence-electron chi connectivity index (χ4n) is 3.13. The van der Waals surface area contributed by atoms with E-state index in [2.05, 4.69) is 9.47 Å². The van der Waals surface area contributed by atoms with Gasteiger partial charge >= 0.3 is 35.8 Å². The molecule has 0 aromatic heterocycles. The van der Waals surface area contributed by atoms with Crippen LogP contribution in [0.5, 0.6) is 0 Å². The van der Waals surface area contributed by atoms with Gasteiger partial charge in [-0.3, -0.25) is 0 Å². The highest BCUT2D eigenvalue weighted by atomic mass is 16.6. The number of cyclic esters (lactones) is 4. The first kappa shape index (κ1) is 20.9. The van der Waals surface area contributed by atoms with Gasteiger partial charge in [-0.1, -0.05) is 0 Å². The lowest BCUT2D eigenvalue weighted by atomic mass is 10.1. The Hall–Kier alpha value is -4.34. The molecule has 0 amide bonds. The van der Waals surface area contributed by atoms with Crippen molar-refractivity contribution in [2.24, 2.45) is 0 Å². The quantitative estimate of drug-likeness (QED) is 0.273. The number of ether oxygens (including phenoxy) is 4. The Labute approximate surface area is 180 Å². The van der Waals surface area contributed by atoms with Crippen LogP contribution in [0.4, 0.5) is 0 Å². The first-order chi connectivity index (χ1) is 15.3. The maximum absolute atomic E-state index is 12.1. The van der Waals surface area contributed by atoms with Crippen LogP contribution in [0, 0.1) is 0 Å². The van der Waals surface area contributed by atoms with Gasteiger partial charge in [-0.05, 0) is 49.2 Å². The monoisotopic (exact) mass is 438 g/mol. The lowest BCUT2D eigenvalue weighted by Crippen LogP contribution is -2.10. The Balaban J connectivity index is 1.20. The van der Waals surface area contributed by atoms with Crippen molar-refractivity contribution >= 4 is 35.8 Å². The fourth-order valence-corrected chi connectivity index (χ4v) is 3.13. The molecule has 2 aromatic carbocycles. The molecule has 4 rings (SSSR count). The number of hydrogen-bond donors (Lipinski definition) is 0. The zero-order valence-corrected chi connectivity index (χ0v) is 16.4. The molecule has 10 nitrogen and oxygen atoms in total. The first-order valence-electron chi connectivity index (χ1n) is 9.50. The van der Waals surface area contributed by atoms with Gasteiger partial charge < -0.3 is 18.9 Å². The summed E-state index contributed by atoms with van der Waals surface area (Å²) < 4.78 is 19.2. The molecule has 2 heterocycles. The number of esters is 6. The van der Waals surface area contributed by atoms with Crippen LogP contribution < -0.4 is 0 Å². The second-order valence-electron chi connectivity index (χ2n) is 6.85. The van der Waals surface area contributed by atoms with Gasteiger partial charge in [0, 0.05) is 0 Å². The number of carbonyl (C=O) groups excluding carboxylic acids is 6. The Morgan fingerprint density at radius 2 is 0.969 bits per heavy atom. The second-order valence-corrected chi connectivity index (χ2v) is 6.85. The van der Waals surface area contributed by atoms with E-state index < -0.39 is 35.8 Å². The number of hydrogen-bond acceptors (Lipinski definition) is 10. The minimum Gasteiger partial charge on any atom is -0.462 e. The highest BCUT2D eigenvalue weighted by Gasteiger charge is 2.31. The van der Waals surface area contributed by atoms with Crippen molar-refractivity contribution < 1.29 is 47.7 Å². The maximum atomic E-state index is 12.1. The van der Waals surface area contributed by atoms with Gasteiger partial charge in [0.2, 0.25) is 0 Å². The molecule has 0 atom stereocenters. The lowest BCUT2D eigenvalue weighted by molar-refractivity contribution is 0.0423. The summed E-state index contributed by atoms with van der Waals surface area (Å²) in [6.07, 6.45) is 0.797. The zero-order valence-electron chi connectivity index (χ0n) is 16.4. The Bertz CT molecular complexity index is 1100. The van der Waals surface area contributed by atoms with Crippen LogP contribution in [0.15, 0.2) is 36.4 Å². The Kier molecular flexibility index (Phi) is 5.50. The molecule has 0 bridgehead atoms. The number of carbonyl (C=O) groups is 6. The predicted molar refractivity (Wildman–Crippen MR) is 102 cm³/mol. The van der Waals surface area contributed by atoms with Gasteiger partial charge in [-0.25, -0.2) is 28.8 Å². The van der Waals surface area contributed by atoms with Crippen LogP contribution in [0.2, 0.25) is 0 Å². The minimum atomic E-state index is -0.812. The van der Waals surface area contributed by atoms with Crippen LogP contribution >= 0.6 is 0 Å². The summed E-state index contributed by atoms with van der Waals surface area (Å²) in [5.74, 6) is -4.48. The van der Waals surface area contributed by atoms with Crippen molar-refractivity contribution in [2.45, 2.75) is 12.8 Å². The lowest BCUT2D eigenvalue weighted by Gasteiger charge is -2.07. The number of benzene rings is 2. The third-order valence-electron chi connectivity index (χ3n) is 4.77. The number of fused-ring (bicyclic) bond motifs is 2. The summed E-state index contributed by atoms with van der Waals surface area (Å²) in [6, 6.07) is 7.87. The summed E-state index contributed by atoms with van der Waals surface area (Å²) in [7, 11) is 0. The van der Waals surface area contributed by atoms with Gasteiger partial charge in [-0.2, -0.15) is 0 Å². The predicted octanol–water partition coefficient (Wildman–Crippen LogP) is 2.10. The van der Waals surface area contributed by atoms with Crippen molar-refractivity contribution in [3.63, 3.8) is 0 Å². The third-order valence-corrected chi connectivity index (χ3v) is 4.77. The molecule has 10 heteroatoms. The zero-order chi connectivity index (χ0) is 22.8. The van der Waals surface area contributed by atoms with Gasteiger partial charge in [-0.15, -0.1) is 0 Å². The molecular weight excluding hydrogens is 424 g/mol. The largest absolute Gasteiger partial charge is 0.462 e. The van der Waals surface area contributed by atoms with E-state index in [1.807, 2.05) is 0 Å². The van der Waals surface area contributed by atoms with Crippen molar-refractivity contribution in [3.05, 3.63) is 69.8 Å². The molecule has 0 saturated heterocycles. The van der Waals surface area contributed by atoms with Crippen LogP contribution in [0.25, 0.3) is 0 Å². The van der Waals surface area contributed by atoms with Gasteiger partial charge in [0.25, 0.3) is 0 Å². The average Bonchev–Trinajstić information content (AvgIpc) is 3.24. The molecule has 0 N–H and O–H groups in total. The molecule has 2 aliphatic rings. The van der Waals surface area contributed by atoms with Crippen LogP contribution in [-0.4, -0.2) is 49.0 Å². The summed E-state index contributed by atoms with van der Waals surface area (Å²) in [6.45, 7) is 0.0906. The standard InChI is InChI=1S/C22H14O10/c23-17(11-3-5-13-15(9-11)21(27)31-19(13)25)29-7-1-2-8-30-18(24)12-4-6-14-16(10-12)22(28)32-20(14)26/h3-6,9-10H,1-2,7-8H2. The maximum Gasteiger partial charge on any atom is 0.346 e. The molecule has 2 aliphatic heterocycles. The summed E-state index contributed by atoms with van der Waals surface area (Å²) in [5.41, 5.74) is 0.437. The molecule has 32 heavy (non-hydrogen) atoms. The van der Waals surface area contributed by atoms with Crippen LogP contribution in [0.1, 0.15) is 75.0 Å².